The van der Waals surface area contributed by atoms with E-state index in [-0.39, 0.29) is 5.41 Å². The Hall–Kier alpha value is -6.90. The smallest absolute Gasteiger partial charge is 0.160 e. The van der Waals surface area contributed by atoms with Gasteiger partial charge in [-0.25, -0.2) is 9.97 Å². The Bertz CT molecular complexity index is 3160. The van der Waals surface area contributed by atoms with Crippen molar-refractivity contribution in [3.63, 3.8) is 0 Å². The third-order valence-corrected chi connectivity index (χ3v) is 11.8. The van der Waals surface area contributed by atoms with Crippen molar-refractivity contribution in [2.75, 3.05) is 0 Å². The molecule has 0 fully saturated rings. The SMILES string of the molecule is CC1(C)c2c(ccc3cc(-c4ccc(-c5cc(-c6ccc7ccccc7c6)nc(-c6ccccc6)n5)cc4)ccc23)-c2c1c1ccccc1c1ccccc21. The van der Waals surface area contributed by atoms with Crippen molar-refractivity contribution in [3.05, 3.63) is 193 Å². The van der Waals surface area contributed by atoms with E-state index >= 15 is 0 Å². The number of fused-ring (bicyclic) bond motifs is 11. The molecule has 0 radical (unpaired) electrons. The summed E-state index contributed by atoms with van der Waals surface area (Å²) in [6, 6.07) is 65.8. The molecule has 1 heterocycles. The van der Waals surface area contributed by atoms with Crippen LogP contribution in [-0.2, 0) is 5.41 Å². The summed E-state index contributed by atoms with van der Waals surface area (Å²) in [6.07, 6.45) is 0. The molecule has 9 aromatic carbocycles. The Morgan fingerprint density at radius 2 is 0.909 bits per heavy atom. The van der Waals surface area contributed by atoms with Crippen LogP contribution >= 0.6 is 0 Å². The van der Waals surface area contributed by atoms with Crippen LogP contribution < -0.4 is 0 Å². The predicted molar refractivity (Wildman–Crippen MR) is 231 cm³/mol. The zero-order valence-electron chi connectivity index (χ0n) is 30.7. The first-order valence-electron chi connectivity index (χ1n) is 19.1. The van der Waals surface area contributed by atoms with Gasteiger partial charge in [0, 0.05) is 22.1 Å². The third-order valence-electron chi connectivity index (χ3n) is 11.8. The summed E-state index contributed by atoms with van der Waals surface area (Å²) in [7, 11) is 0. The fourth-order valence-corrected chi connectivity index (χ4v) is 9.23. The van der Waals surface area contributed by atoms with Gasteiger partial charge in [0.1, 0.15) is 0 Å². The molecule has 2 nitrogen and oxygen atoms in total. The molecule has 0 bridgehead atoms. The van der Waals surface area contributed by atoms with Crippen molar-refractivity contribution < 1.29 is 0 Å². The number of aromatic nitrogens is 2. The molecule has 258 valence electrons. The molecule has 1 aliphatic rings. The van der Waals surface area contributed by atoms with E-state index in [0.717, 1.165) is 33.9 Å². The first-order chi connectivity index (χ1) is 27.0. The normalized spacial score (nSPS) is 13.1. The fraction of sp³-hybridized carbons (Fsp3) is 0.0566. The summed E-state index contributed by atoms with van der Waals surface area (Å²) in [5, 5.41) is 10.3. The van der Waals surface area contributed by atoms with Crippen LogP contribution in [0.3, 0.4) is 0 Å². The van der Waals surface area contributed by atoms with Gasteiger partial charge in [-0.15, -0.1) is 0 Å². The van der Waals surface area contributed by atoms with Crippen LogP contribution in [0.25, 0.3) is 99.2 Å². The highest BCUT2D eigenvalue weighted by molar-refractivity contribution is 6.19. The van der Waals surface area contributed by atoms with Crippen molar-refractivity contribution >= 4 is 43.1 Å². The lowest BCUT2D eigenvalue weighted by molar-refractivity contribution is 0.672. The first kappa shape index (κ1) is 31.6. The van der Waals surface area contributed by atoms with Gasteiger partial charge in [-0.3, -0.25) is 0 Å². The van der Waals surface area contributed by atoms with Gasteiger partial charge in [0.2, 0.25) is 0 Å². The van der Waals surface area contributed by atoms with E-state index in [0.29, 0.717) is 0 Å². The molecule has 11 rings (SSSR count). The molecule has 1 aromatic heterocycles. The molecule has 10 aromatic rings. The lowest BCUT2D eigenvalue weighted by Crippen LogP contribution is -2.16. The number of hydrogen-bond acceptors (Lipinski definition) is 2. The molecule has 0 unspecified atom stereocenters. The summed E-state index contributed by atoms with van der Waals surface area (Å²) in [6.45, 7) is 4.82. The van der Waals surface area contributed by atoms with Gasteiger partial charge in [-0.1, -0.05) is 178 Å². The quantitative estimate of drug-likeness (QED) is 0.171. The standard InChI is InChI=1S/C53H36N2/c1-53(2)50-41-28-26-38(30-39(41)27-29-46(50)49-44-18-10-8-16-42(44)43-17-9-11-19-45(43)51(49)53)34-20-23-35(24-21-34)47-32-48(55-52(54-47)36-13-4-3-5-14-36)40-25-22-33-12-6-7-15-37(33)31-40/h3-32H,1-2H3. The van der Waals surface area contributed by atoms with Crippen LogP contribution in [0.2, 0.25) is 0 Å². The fourth-order valence-electron chi connectivity index (χ4n) is 9.23. The minimum atomic E-state index is -0.154. The molecular weight excluding hydrogens is 665 g/mol. The number of benzene rings is 9. The Kier molecular flexibility index (Phi) is 6.93. The number of rotatable bonds is 4. The highest BCUT2D eigenvalue weighted by Crippen LogP contribution is 2.56. The largest absolute Gasteiger partial charge is 0.228 e. The molecule has 55 heavy (non-hydrogen) atoms. The van der Waals surface area contributed by atoms with Crippen molar-refractivity contribution in [1.82, 2.24) is 9.97 Å². The van der Waals surface area contributed by atoms with E-state index in [2.05, 4.69) is 178 Å². The number of hydrogen-bond donors (Lipinski definition) is 0. The average molecular weight is 701 g/mol. The van der Waals surface area contributed by atoms with Gasteiger partial charge in [0.25, 0.3) is 0 Å². The van der Waals surface area contributed by atoms with Gasteiger partial charge in [-0.2, -0.15) is 0 Å². The zero-order chi connectivity index (χ0) is 36.7. The van der Waals surface area contributed by atoms with Gasteiger partial charge in [0.05, 0.1) is 11.4 Å². The minimum absolute atomic E-state index is 0.154. The molecule has 0 spiro atoms. The van der Waals surface area contributed by atoms with Crippen LogP contribution in [0.1, 0.15) is 25.0 Å². The molecule has 0 N–H and O–H groups in total. The maximum Gasteiger partial charge on any atom is 0.160 e. The first-order valence-corrected chi connectivity index (χ1v) is 19.1. The summed E-state index contributed by atoms with van der Waals surface area (Å²) < 4.78 is 0. The van der Waals surface area contributed by atoms with E-state index in [1.165, 1.54) is 76.5 Å². The molecule has 0 saturated carbocycles. The van der Waals surface area contributed by atoms with Crippen LogP contribution in [-0.4, -0.2) is 9.97 Å². The molecule has 2 heteroatoms. The topological polar surface area (TPSA) is 25.8 Å². The van der Waals surface area contributed by atoms with Gasteiger partial charge < -0.3 is 0 Å². The van der Waals surface area contributed by atoms with Crippen molar-refractivity contribution in [1.29, 1.82) is 0 Å². The van der Waals surface area contributed by atoms with Crippen molar-refractivity contribution in [3.8, 4) is 56.2 Å². The van der Waals surface area contributed by atoms with Gasteiger partial charge in [-0.05, 0) is 94.7 Å². The highest BCUT2D eigenvalue weighted by atomic mass is 14.9. The van der Waals surface area contributed by atoms with Crippen molar-refractivity contribution in [2.45, 2.75) is 19.3 Å². The molecule has 0 aliphatic heterocycles. The third kappa shape index (κ3) is 4.95. The average Bonchev–Trinajstić information content (AvgIpc) is 3.50. The van der Waals surface area contributed by atoms with Crippen LogP contribution in [0.5, 0.6) is 0 Å². The van der Waals surface area contributed by atoms with E-state index in [1.54, 1.807) is 0 Å². The molecule has 0 saturated heterocycles. The molecule has 0 amide bonds. The Morgan fingerprint density at radius 3 is 1.69 bits per heavy atom. The van der Waals surface area contributed by atoms with E-state index < -0.39 is 0 Å². The predicted octanol–water partition coefficient (Wildman–Crippen LogP) is 14.1. The summed E-state index contributed by atoms with van der Waals surface area (Å²) in [5.41, 5.74) is 12.8. The molecule has 0 atom stereocenters. The van der Waals surface area contributed by atoms with Crippen LogP contribution in [0.4, 0.5) is 0 Å². The lowest BCUT2D eigenvalue weighted by atomic mass is 9.77. The summed E-state index contributed by atoms with van der Waals surface area (Å²) in [5.74, 6) is 0.721. The van der Waals surface area contributed by atoms with Crippen LogP contribution in [0, 0.1) is 0 Å². The minimum Gasteiger partial charge on any atom is -0.228 e. The maximum atomic E-state index is 5.10. The van der Waals surface area contributed by atoms with Crippen molar-refractivity contribution in [2.24, 2.45) is 0 Å². The molecule has 1 aliphatic carbocycles. The van der Waals surface area contributed by atoms with Crippen LogP contribution in [0.15, 0.2) is 182 Å². The Balaban J connectivity index is 0.992. The summed E-state index contributed by atoms with van der Waals surface area (Å²) >= 11 is 0. The Labute approximate surface area is 320 Å². The second kappa shape index (κ2) is 12.1. The van der Waals surface area contributed by atoms with E-state index in [1.807, 2.05) is 18.2 Å². The Morgan fingerprint density at radius 1 is 0.345 bits per heavy atom. The zero-order valence-corrected chi connectivity index (χ0v) is 30.7. The lowest BCUT2D eigenvalue weighted by Gasteiger charge is -2.25. The highest BCUT2D eigenvalue weighted by Gasteiger charge is 2.39. The number of nitrogens with zero attached hydrogens (tertiary/aromatic N) is 2. The molecular formula is C53H36N2. The summed E-state index contributed by atoms with van der Waals surface area (Å²) in [4.78, 5) is 10.2. The monoisotopic (exact) mass is 700 g/mol. The van der Waals surface area contributed by atoms with E-state index in [4.69, 9.17) is 9.97 Å². The van der Waals surface area contributed by atoms with Gasteiger partial charge >= 0.3 is 0 Å². The second-order valence-corrected chi connectivity index (χ2v) is 15.4. The van der Waals surface area contributed by atoms with E-state index in [9.17, 15) is 0 Å². The van der Waals surface area contributed by atoms with Gasteiger partial charge in [0.15, 0.2) is 5.82 Å². The maximum absolute atomic E-state index is 5.10. The second-order valence-electron chi connectivity index (χ2n) is 15.4.